The van der Waals surface area contributed by atoms with Gasteiger partial charge in [-0.1, -0.05) is 0 Å². The zero-order chi connectivity index (χ0) is 16.7. The van der Waals surface area contributed by atoms with Gasteiger partial charge in [0.15, 0.2) is 6.61 Å². The van der Waals surface area contributed by atoms with Crippen LogP contribution in [0.15, 0.2) is 18.2 Å². The molecule has 0 atom stereocenters. The minimum atomic E-state index is -0.449. The van der Waals surface area contributed by atoms with E-state index < -0.39 is 5.97 Å². The van der Waals surface area contributed by atoms with Crippen molar-refractivity contribution in [3.8, 4) is 5.75 Å². The van der Waals surface area contributed by atoms with Gasteiger partial charge in [0.2, 0.25) is 0 Å². The van der Waals surface area contributed by atoms with E-state index in [1.165, 1.54) is 6.07 Å². The lowest BCUT2D eigenvalue weighted by molar-refractivity contribution is -0.132. The predicted octanol–water partition coefficient (Wildman–Crippen LogP) is 2.08. The van der Waals surface area contributed by atoms with Gasteiger partial charge in [-0.15, -0.1) is 0 Å². The largest absolute Gasteiger partial charge is 0.482 e. The first kappa shape index (κ1) is 17.8. The summed E-state index contributed by atoms with van der Waals surface area (Å²) in [6, 6.07) is 4.63. The van der Waals surface area contributed by atoms with Gasteiger partial charge in [0.05, 0.1) is 17.4 Å². The van der Waals surface area contributed by atoms with Gasteiger partial charge in [0.1, 0.15) is 5.75 Å². The first-order chi connectivity index (χ1) is 10.4. The molecule has 0 heterocycles. The van der Waals surface area contributed by atoms with Crippen molar-refractivity contribution in [2.45, 2.75) is 33.8 Å². The molecule has 6 nitrogen and oxygen atoms in total. The van der Waals surface area contributed by atoms with Crippen molar-refractivity contribution in [2.75, 3.05) is 25.4 Å². The van der Waals surface area contributed by atoms with E-state index in [0.717, 1.165) is 0 Å². The Balaban J connectivity index is 2.78. The van der Waals surface area contributed by atoms with E-state index in [1.807, 2.05) is 13.8 Å². The molecule has 1 aromatic rings. The van der Waals surface area contributed by atoms with Gasteiger partial charge in [0, 0.05) is 13.1 Å². The van der Waals surface area contributed by atoms with Crippen molar-refractivity contribution in [2.24, 2.45) is 0 Å². The lowest BCUT2D eigenvalue weighted by atomic mass is 10.2. The smallest absolute Gasteiger partial charge is 0.338 e. The van der Waals surface area contributed by atoms with Crippen LogP contribution in [-0.4, -0.2) is 42.6 Å². The average molecular weight is 308 g/mol. The number of esters is 1. The van der Waals surface area contributed by atoms with Crippen LogP contribution in [0.5, 0.6) is 5.75 Å². The highest BCUT2D eigenvalue weighted by Crippen LogP contribution is 2.23. The average Bonchev–Trinajstić information content (AvgIpc) is 2.46. The fourth-order valence-electron chi connectivity index (χ4n) is 1.88. The molecule has 6 heteroatoms. The van der Waals surface area contributed by atoms with Gasteiger partial charge in [-0.25, -0.2) is 4.79 Å². The summed E-state index contributed by atoms with van der Waals surface area (Å²) in [5.74, 6) is -0.270. The number of nitrogens with two attached hydrogens (primary N) is 1. The molecule has 1 rings (SSSR count). The van der Waals surface area contributed by atoms with Gasteiger partial charge in [-0.05, 0) is 45.9 Å². The molecule has 0 saturated carbocycles. The molecule has 0 radical (unpaired) electrons. The van der Waals surface area contributed by atoms with E-state index in [1.54, 1.807) is 30.9 Å². The predicted molar refractivity (Wildman–Crippen MR) is 84.8 cm³/mol. The number of nitrogen functional groups attached to an aromatic ring is 1. The van der Waals surface area contributed by atoms with Crippen LogP contribution in [0.3, 0.4) is 0 Å². The molecule has 0 aliphatic heterocycles. The molecule has 22 heavy (non-hydrogen) atoms. The molecule has 0 aliphatic carbocycles. The van der Waals surface area contributed by atoms with Crippen molar-refractivity contribution in [1.82, 2.24) is 4.90 Å². The molecule has 1 amide bonds. The number of likely N-dealkylation sites (N-methyl/N-ethyl adjacent to an activating group) is 1. The van der Waals surface area contributed by atoms with Crippen LogP contribution in [0.4, 0.5) is 5.69 Å². The third-order valence-electron chi connectivity index (χ3n) is 3.06. The first-order valence-corrected chi connectivity index (χ1v) is 7.40. The quantitative estimate of drug-likeness (QED) is 0.616. The van der Waals surface area contributed by atoms with E-state index in [9.17, 15) is 9.59 Å². The standard InChI is InChI=1S/C16H24N2O4/c1-5-18(6-2)15(19)10-21-14-9-12(7-8-13(14)17)16(20)22-11(3)4/h7-9,11H,5-6,10,17H2,1-4H3. The highest BCUT2D eigenvalue weighted by atomic mass is 16.5. The Morgan fingerprint density at radius 1 is 1.23 bits per heavy atom. The number of hydrogen-bond acceptors (Lipinski definition) is 5. The Kier molecular flexibility index (Phi) is 6.69. The zero-order valence-corrected chi connectivity index (χ0v) is 13.6. The highest BCUT2D eigenvalue weighted by Gasteiger charge is 2.14. The number of carbonyl (C=O) groups excluding carboxylic acids is 2. The summed E-state index contributed by atoms with van der Waals surface area (Å²) in [5, 5.41) is 0. The summed E-state index contributed by atoms with van der Waals surface area (Å²) >= 11 is 0. The molecular weight excluding hydrogens is 284 g/mol. The molecular formula is C16H24N2O4. The summed E-state index contributed by atoms with van der Waals surface area (Å²) < 4.78 is 10.6. The Labute approximate surface area is 131 Å². The lowest BCUT2D eigenvalue weighted by Crippen LogP contribution is -2.34. The van der Waals surface area contributed by atoms with Crippen LogP contribution in [0.2, 0.25) is 0 Å². The maximum atomic E-state index is 11.9. The lowest BCUT2D eigenvalue weighted by Gasteiger charge is -2.19. The van der Waals surface area contributed by atoms with E-state index in [4.69, 9.17) is 15.2 Å². The number of carbonyl (C=O) groups is 2. The second kappa shape index (κ2) is 8.26. The topological polar surface area (TPSA) is 81.9 Å². The molecule has 0 unspecified atom stereocenters. The van der Waals surface area contributed by atoms with E-state index in [0.29, 0.717) is 30.1 Å². The maximum Gasteiger partial charge on any atom is 0.338 e. The van der Waals surface area contributed by atoms with Crippen molar-refractivity contribution < 1.29 is 19.1 Å². The minimum Gasteiger partial charge on any atom is -0.482 e. The fourth-order valence-corrected chi connectivity index (χ4v) is 1.88. The van der Waals surface area contributed by atoms with Crippen molar-refractivity contribution in [3.05, 3.63) is 23.8 Å². The summed E-state index contributed by atoms with van der Waals surface area (Å²) in [6.07, 6.45) is -0.210. The van der Waals surface area contributed by atoms with Gasteiger partial charge >= 0.3 is 5.97 Å². The van der Waals surface area contributed by atoms with Gasteiger partial charge < -0.3 is 20.1 Å². The third-order valence-corrected chi connectivity index (χ3v) is 3.06. The zero-order valence-electron chi connectivity index (χ0n) is 13.6. The van der Waals surface area contributed by atoms with Gasteiger partial charge in [0.25, 0.3) is 5.91 Å². The molecule has 0 bridgehead atoms. The number of nitrogens with zero attached hydrogens (tertiary/aromatic N) is 1. The summed E-state index contributed by atoms with van der Waals surface area (Å²) in [4.78, 5) is 25.4. The fraction of sp³-hybridized carbons (Fsp3) is 0.500. The molecule has 122 valence electrons. The number of anilines is 1. The maximum absolute atomic E-state index is 11.9. The summed E-state index contributed by atoms with van der Waals surface area (Å²) in [5.41, 5.74) is 6.53. The Hall–Kier alpha value is -2.24. The molecule has 0 spiro atoms. The highest BCUT2D eigenvalue weighted by molar-refractivity contribution is 5.90. The molecule has 2 N–H and O–H groups in total. The van der Waals surface area contributed by atoms with Crippen molar-refractivity contribution in [3.63, 3.8) is 0 Å². The van der Waals surface area contributed by atoms with E-state index >= 15 is 0 Å². The van der Waals surface area contributed by atoms with Crippen LogP contribution >= 0.6 is 0 Å². The summed E-state index contributed by atoms with van der Waals surface area (Å²) in [6.45, 7) is 8.47. The first-order valence-electron chi connectivity index (χ1n) is 7.40. The normalized spacial score (nSPS) is 10.4. The van der Waals surface area contributed by atoms with Gasteiger partial charge in [-0.3, -0.25) is 4.79 Å². The van der Waals surface area contributed by atoms with Crippen molar-refractivity contribution >= 4 is 17.6 Å². The Bertz CT molecular complexity index is 525. The number of hydrogen-bond donors (Lipinski definition) is 1. The SMILES string of the molecule is CCN(CC)C(=O)COc1cc(C(=O)OC(C)C)ccc1N. The second-order valence-corrected chi connectivity index (χ2v) is 5.06. The van der Waals surface area contributed by atoms with Crippen LogP contribution in [0.25, 0.3) is 0 Å². The second-order valence-electron chi connectivity index (χ2n) is 5.06. The Morgan fingerprint density at radius 3 is 2.41 bits per heavy atom. The molecule has 1 aromatic carbocycles. The van der Waals surface area contributed by atoms with E-state index in [2.05, 4.69) is 0 Å². The van der Waals surface area contributed by atoms with Crippen LogP contribution in [-0.2, 0) is 9.53 Å². The molecule has 0 aliphatic rings. The number of amides is 1. The van der Waals surface area contributed by atoms with Crippen LogP contribution in [0, 0.1) is 0 Å². The third kappa shape index (κ3) is 4.95. The number of rotatable bonds is 7. The van der Waals surface area contributed by atoms with E-state index in [-0.39, 0.29) is 18.6 Å². The van der Waals surface area contributed by atoms with Crippen molar-refractivity contribution in [1.29, 1.82) is 0 Å². The summed E-state index contributed by atoms with van der Waals surface area (Å²) in [7, 11) is 0. The monoisotopic (exact) mass is 308 g/mol. The minimum absolute atomic E-state index is 0.117. The number of ether oxygens (including phenoxy) is 2. The molecule has 0 aromatic heterocycles. The van der Waals surface area contributed by atoms with Gasteiger partial charge in [-0.2, -0.15) is 0 Å². The Morgan fingerprint density at radius 2 is 1.86 bits per heavy atom. The molecule has 0 saturated heterocycles. The van der Waals surface area contributed by atoms with Crippen LogP contribution < -0.4 is 10.5 Å². The van der Waals surface area contributed by atoms with Crippen LogP contribution in [0.1, 0.15) is 38.1 Å². The number of benzene rings is 1. The molecule has 0 fully saturated rings.